The molecule has 1 N–H and O–H groups in total. The zero-order valence-electron chi connectivity index (χ0n) is 10.3. The maximum Gasteiger partial charge on any atom is 0.329 e. The smallest absolute Gasteiger partial charge is 0.297 e. The number of nitrogens with one attached hydrogen (secondary N) is 1. The van der Waals surface area contributed by atoms with Gasteiger partial charge in [0.15, 0.2) is 5.52 Å². The van der Waals surface area contributed by atoms with Gasteiger partial charge in [0.25, 0.3) is 5.56 Å². The molecule has 6 heteroatoms. The monoisotopic (exact) mass is 253 g/mol. The predicted octanol–water partition coefficient (Wildman–Crippen LogP) is 1.85. The quantitative estimate of drug-likeness (QED) is 0.888. The molecular weight excluding hydrogens is 238 g/mol. The van der Waals surface area contributed by atoms with E-state index in [1.54, 1.807) is 13.8 Å². The molecule has 0 saturated carbocycles. The molecule has 2 heterocycles. The van der Waals surface area contributed by atoms with Gasteiger partial charge in [-0.05, 0) is 13.8 Å². The van der Waals surface area contributed by atoms with Crippen LogP contribution in [0, 0.1) is 0 Å². The molecule has 92 valence electrons. The highest BCUT2D eigenvalue weighted by molar-refractivity contribution is 7.18. The molecule has 0 fully saturated rings. The van der Waals surface area contributed by atoms with Gasteiger partial charge >= 0.3 is 5.69 Å². The van der Waals surface area contributed by atoms with Crippen LogP contribution in [0.3, 0.4) is 0 Å². The van der Waals surface area contributed by atoms with Crippen molar-refractivity contribution in [3.63, 3.8) is 0 Å². The molecule has 0 aromatic carbocycles. The molecule has 17 heavy (non-hydrogen) atoms. The number of thiazole rings is 1. The van der Waals surface area contributed by atoms with E-state index in [0.29, 0.717) is 10.3 Å². The zero-order chi connectivity index (χ0) is 12.7. The summed E-state index contributed by atoms with van der Waals surface area (Å²) in [4.78, 5) is 31.5. The summed E-state index contributed by atoms with van der Waals surface area (Å²) in [7, 11) is 0. The molecular formula is C11H15N3O2S. The number of H-pyrrole nitrogens is 1. The number of aromatic nitrogens is 3. The van der Waals surface area contributed by atoms with Crippen molar-refractivity contribution >= 4 is 21.7 Å². The normalized spacial score (nSPS) is 11.9. The summed E-state index contributed by atoms with van der Waals surface area (Å²) in [5, 5.41) is 0.870. The highest BCUT2D eigenvalue weighted by atomic mass is 32.1. The van der Waals surface area contributed by atoms with Gasteiger partial charge in [-0.2, -0.15) is 0 Å². The third-order valence-corrected chi connectivity index (χ3v) is 3.79. The minimum Gasteiger partial charge on any atom is -0.297 e. The first kappa shape index (κ1) is 12.0. The molecule has 5 nitrogen and oxygen atoms in total. The Balaban J connectivity index is 2.84. The Kier molecular flexibility index (Phi) is 2.91. The molecule has 0 aliphatic heterocycles. The molecule has 2 rings (SSSR count). The number of aromatic amines is 1. The van der Waals surface area contributed by atoms with E-state index < -0.39 is 0 Å². The topological polar surface area (TPSA) is 67.8 Å². The second-order valence-corrected chi connectivity index (χ2v) is 5.61. The lowest BCUT2D eigenvalue weighted by molar-refractivity contribution is 0.552. The molecule has 0 radical (unpaired) electrons. The SMILES string of the molecule is CC(C)c1nc2c(=O)n(C(C)C)c(=O)[nH]c2s1. The van der Waals surface area contributed by atoms with Crippen molar-refractivity contribution in [2.75, 3.05) is 0 Å². The van der Waals surface area contributed by atoms with Crippen LogP contribution in [-0.4, -0.2) is 14.5 Å². The van der Waals surface area contributed by atoms with Crippen molar-refractivity contribution < 1.29 is 0 Å². The van der Waals surface area contributed by atoms with E-state index in [2.05, 4.69) is 9.97 Å². The minimum atomic E-state index is -0.364. The maximum atomic E-state index is 12.1. The van der Waals surface area contributed by atoms with Crippen LogP contribution in [0.2, 0.25) is 0 Å². The van der Waals surface area contributed by atoms with Crippen molar-refractivity contribution in [1.29, 1.82) is 0 Å². The fourth-order valence-electron chi connectivity index (χ4n) is 1.65. The summed E-state index contributed by atoms with van der Waals surface area (Å²) < 4.78 is 1.20. The van der Waals surface area contributed by atoms with Crippen LogP contribution in [0.1, 0.15) is 44.7 Å². The van der Waals surface area contributed by atoms with E-state index in [4.69, 9.17) is 0 Å². The van der Waals surface area contributed by atoms with E-state index >= 15 is 0 Å². The molecule has 0 spiro atoms. The number of hydrogen-bond acceptors (Lipinski definition) is 4. The molecule has 0 aliphatic carbocycles. The van der Waals surface area contributed by atoms with Crippen LogP contribution in [-0.2, 0) is 0 Å². The van der Waals surface area contributed by atoms with Crippen molar-refractivity contribution in [2.24, 2.45) is 0 Å². The van der Waals surface area contributed by atoms with Gasteiger partial charge in [-0.1, -0.05) is 13.8 Å². The molecule has 0 bridgehead atoms. The lowest BCUT2D eigenvalue weighted by Gasteiger charge is -2.06. The largest absolute Gasteiger partial charge is 0.329 e. The highest BCUT2D eigenvalue weighted by Gasteiger charge is 2.15. The maximum absolute atomic E-state index is 12.1. The number of hydrogen-bond donors (Lipinski definition) is 1. The van der Waals surface area contributed by atoms with Crippen LogP contribution >= 0.6 is 11.3 Å². The van der Waals surface area contributed by atoms with Crippen molar-refractivity contribution in [3.05, 3.63) is 25.8 Å². The Morgan fingerprint density at radius 3 is 2.41 bits per heavy atom. The van der Waals surface area contributed by atoms with Gasteiger partial charge in [0.2, 0.25) is 0 Å². The minimum absolute atomic E-state index is 0.167. The molecule has 0 aliphatic rings. The standard InChI is InChI=1S/C11H15N3O2S/c1-5(2)8-12-7-9(17-8)13-11(16)14(6(3)4)10(7)15/h5-6H,1-4H3,(H,13,16). The van der Waals surface area contributed by atoms with Gasteiger partial charge < -0.3 is 0 Å². The van der Waals surface area contributed by atoms with Gasteiger partial charge in [0, 0.05) is 12.0 Å². The van der Waals surface area contributed by atoms with Crippen LogP contribution in [0.4, 0.5) is 0 Å². The van der Waals surface area contributed by atoms with Crippen LogP contribution in [0.15, 0.2) is 9.59 Å². The van der Waals surface area contributed by atoms with E-state index in [0.717, 1.165) is 5.01 Å². The summed E-state index contributed by atoms with van der Waals surface area (Å²) in [6.07, 6.45) is 0. The van der Waals surface area contributed by atoms with Crippen molar-refractivity contribution in [2.45, 2.75) is 39.7 Å². The Bertz CT molecular complexity index is 663. The number of fused-ring (bicyclic) bond motifs is 1. The van der Waals surface area contributed by atoms with Gasteiger partial charge in [-0.3, -0.25) is 14.3 Å². The lowest BCUT2D eigenvalue weighted by atomic mass is 10.2. The fraction of sp³-hybridized carbons (Fsp3) is 0.545. The Labute approximate surface area is 102 Å². The van der Waals surface area contributed by atoms with Gasteiger partial charge in [0.05, 0.1) is 5.01 Å². The Morgan fingerprint density at radius 1 is 1.24 bits per heavy atom. The predicted molar refractivity (Wildman–Crippen MR) is 69.0 cm³/mol. The number of nitrogens with zero attached hydrogens (tertiary/aromatic N) is 2. The molecule has 0 unspecified atom stereocenters. The molecule has 0 amide bonds. The number of rotatable bonds is 2. The lowest BCUT2D eigenvalue weighted by Crippen LogP contribution is -2.36. The van der Waals surface area contributed by atoms with Crippen molar-refractivity contribution in [1.82, 2.24) is 14.5 Å². The Hall–Kier alpha value is -1.43. The molecule has 2 aromatic heterocycles. The summed E-state index contributed by atoms with van der Waals surface area (Å²) in [6.45, 7) is 7.63. The van der Waals surface area contributed by atoms with E-state index in [-0.39, 0.29) is 23.2 Å². The second kappa shape index (κ2) is 4.10. The van der Waals surface area contributed by atoms with E-state index in [1.165, 1.54) is 15.9 Å². The zero-order valence-corrected chi connectivity index (χ0v) is 11.1. The average Bonchev–Trinajstić information content (AvgIpc) is 2.60. The highest BCUT2D eigenvalue weighted by Crippen LogP contribution is 2.23. The average molecular weight is 253 g/mol. The molecule has 2 aromatic rings. The van der Waals surface area contributed by atoms with Crippen LogP contribution in [0.5, 0.6) is 0 Å². The second-order valence-electron chi connectivity index (χ2n) is 4.58. The van der Waals surface area contributed by atoms with E-state index in [1.807, 2.05) is 13.8 Å². The van der Waals surface area contributed by atoms with Crippen molar-refractivity contribution in [3.8, 4) is 0 Å². The fourth-order valence-corrected chi connectivity index (χ4v) is 2.60. The summed E-state index contributed by atoms with van der Waals surface area (Å²) in [5.41, 5.74) is -0.301. The van der Waals surface area contributed by atoms with Crippen LogP contribution in [0.25, 0.3) is 10.3 Å². The van der Waals surface area contributed by atoms with Gasteiger partial charge in [-0.15, -0.1) is 11.3 Å². The first-order valence-electron chi connectivity index (χ1n) is 5.57. The van der Waals surface area contributed by atoms with Gasteiger partial charge in [0.1, 0.15) is 4.83 Å². The van der Waals surface area contributed by atoms with Crippen LogP contribution < -0.4 is 11.2 Å². The third kappa shape index (κ3) is 1.93. The summed E-state index contributed by atoms with van der Waals surface area (Å²) in [6, 6.07) is -0.167. The van der Waals surface area contributed by atoms with E-state index in [9.17, 15) is 9.59 Å². The first-order valence-corrected chi connectivity index (χ1v) is 6.38. The third-order valence-electron chi connectivity index (χ3n) is 2.51. The first-order chi connectivity index (χ1) is 7.91. The molecule has 0 saturated heterocycles. The summed E-state index contributed by atoms with van der Waals surface area (Å²) >= 11 is 1.37. The Morgan fingerprint density at radius 2 is 1.88 bits per heavy atom. The molecule has 0 atom stereocenters. The van der Waals surface area contributed by atoms with Gasteiger partial charge in [-0.25, -0.2) is 9.78 Å². The summed E-state index contributed by atoms with van der Waals surface area (Å²) in [5.74, 6) is 0.253.